The van der Waals surface area contributed by atoms with Crippen LogP contribution in [0.1, 0.15) is 55.4 Å². The first kappa shape index (κ1) is 30.4. The van der Waals surface area contributed by atoms with Gasteiger partial charge in [0.25, 0.3) is 0 Å². The molecule has 0 aliphatic rings. The summed E-state index contributed by atoms with van der Waals surface area (Å²) in [6.07, 6.45) is -0.667. The van der Waals surface area contributed by atoms with Gasteiger partial charge in [-0.1, -0.05) is 0 Å². The second kappa shape index (κ2) is 25.3. The van der Waals surface area contributed by atoms with Crippen LogP contribution in [0, 0.1) is 0 Å². The van der Waals surface area contributed by atoms with Crippen LogP contribution in [-0.2, 0) is 0 Å². The van der Waals surface area contributed by atoms with Crippen molar-refractivity contribution in [2.75, 3.05) is 0 Å². The van der Waals surface area contributed by atoms with E-state index in [2.05, 4.69) is 0 Å². The summed E-state index contributed by atoms with van der Waals surface area (Å²) in [6.45, 7) is 13.8. The summed E-state index contributed by atoms with van der Waals surface area (Å²) in [5.74, 6) is 0. The van der Waals surface area contributed by atoms with Crippen LogP contribution >= 0.6 is 0 Å². The molecule has 5 heteroatoms. The Balaban J connectivity index is -0.0000000369. The zero-order valence-corrected chi connectivity index (χ0v) is 12.1. The molecule has 0 saturated heterocycles. The monoisotopic (exact) mass is 318 g/mol. The number of aliphatic hydroxyl groups is 4. The summed E-state index contributed by atoms with van der Waals surface area (Å²) in [5.41, 5.74) is 0. The van der Waals surface area contributed by atoms with Crippen LogP contribution in [0.3, 0.4) is 0 Å². The molecule has 0 atom stereocenters. The maximum atomic E-state index is 8.06. The average Bonchev–Trinajstić information content (AvgIpc) is 1.76. The van der Waals surface area contributed by atoms with E-state index >= 15 is 0 Å². The second-order valence-electron chi connectivity index (χ2n) is 4.37. The Morgan fingerprint density at radius 3 is 0.412 bits per heavy atom. The first-order chi connectivity index (χ1) is 6.93. The Labute approximate surface area is 118 Å². The molecular weight excluding hydrogens is 281 g/mol. The van der Waals surface area contributed by atoms with Crippen LogP contribution in [0.25, 0.3) is 0 Å². The summed E-state index contributed by atoms with van der Waals surface area (Å²) >= 11 is 0. The summed E-state index contributed by atoms with van der Waals surface area (Å²) in [5, 5.41) is 32.2. The van der Waals surface area contributed by atoms with Crippen LogP contribution in [0.2, 0.25) is 0 Å². The van der Waals surface area contributed by atoms with Gasteiger partial charge in [-0.2, -0.15) is 0 Å². The summed E-state index contributed by atoms with van der Waals surface area (Å²) in [4.78, 5) is 0. The predicted molar refractivity (Wildman–Crippen MR) is 80.8 cm³/mol. The van der Waals surface area contributed by atoms with Crippen LogP contribution in [0.15, 0.2) is 0 Å². The van der Waals surface area contributed by atoms with E-state index < -0.39 is 0 Å². The molecule has 0 saturated carbocycles. The summed E-state index contributed by atoms with van der Waals surface area (Å²) in [7, 11) is 0. The topological polar surface area (TPSA) is 80.9 Å². The van der Waals surface area contributed by atoms with Gasteiger partial charge in [0, 0.05) is 24.4 Å². The van der Waals surface area contributed by atoms with Crippen molar-refractivity contribution in [2.45, 2.75) is 79.8 Å². The van der Waals surface area contributed by atoms with Crippen LogP contribution in [0.4, 0.5) is 0 Å². The van der Waals surface area contributed by atoms with E-state index in [0.29, 0.717) is 0 Å². The molecular formula is C12H36GeO4. The molecule has 0 aliphatic carbocycles. The molecule has 0 aromatic carbocycles. The van der Waals surface area contributed by atoms with E-state index in [1.165, 1.54) is 0 Å². The van der Waals surface area contributed by atoms with Gasteiger partial charge in [-0.05, 0) is 55.4 Å². The van der Waals surface area contributed by atoms with Crippen LogP contribution in [-0.4, -0.2) is 62.4 Å². The zero-order chi connectivity index (χ0) is 14.3. The molecule has 0 spiro atoms. The van der Waals surface area contributed by atoms with Gasteiger partial charge in [0.2, 0.25) is 0 Å². The van der Waals surface area contributed by atoms with E-state index in [-0.39, 0.29) is 42.0 Å². The van der Waals surface area contributed by atoms with Crippen molar-refractivity contribution >= 4 is 17.6 Å². The van der Waals surface area contributed by atoms with Gasteiger partial charge < -0.3 is 20.4 Å². The third-order valence-corrected chi connectivity index (χ3v) is 0. The van der Waals surface area contributed by atoms with E-state index in [0.717, 1.165) is 0 Å². The maximum absolute atomic E-state index is 8.06. The third-order valence-electron chi connectivity index (χ3n) is 0. The van der Waals surface area contributed by atoms with Crippen molar-refractivity contribution in [1.29, 1.82) is 0 Å². The number of rotatable bonds is 0. The van der Waals surface area contributed by atoms with E-state index in [1.54, 1.807) is 55.4 Å². The number of aliphatic hydroxyl groups excluding tert-OH is 4. The minimum atomic E-state index is -0.167. The molecule has 0 aromatic rings. The van der Waals surface area contributed by atoms with Gasteiger partial charge in [0.05, 0.1) is 0 Å². The Bertz CT molecular complexity index is 61.5. The van der Waals surface area contributed by atoms with E-state index in [4.69, 9.17) is 20.4 Å². The molecule has 0 aromatic heterocycles. The Hall–Kier alpha value is 0.383. The number of hydrogen-bond donors (Lipinski definition) is 4. The fourth-order valence-corrected chi connectivity index (χ4v) is 0. The standard InChI is InChI=1S/4C3H8O.GeH4/c4*1-3(2)4;/h4*3-4H,1-2H3;1H4. The van der Waals surface area contributed by atoms with Crippen LogP contribution < -0.4 is 0 Å². The van der Waals surface area contributed by atoms with Crippen molar-refractivity contribution in [3.8, 4) is 0 Å². The van der Waals surface area contributed by atoms with E-state index in [9.17, 15) is 0 Å². The fourth-order valence-electron chi connectivity index (χ4n) is 0. The van der Waals surface area contributed by atoms with Gasteiger partial charge in [0.15, 0.2) is 0 Å². The van der Waals surface area contributed by atoms with Gasteiger partial charge in [-0.25, -0.2) is 0 Å². The fraction of sp³-hybridized carbons (Fsp3) is 1.00. The van der Waals surface area contributed by atoms with Crippen LogP contribution in [0.5, 0.6) is 0 Å². The molecule has 17 heavy (non-hydrogen) atoms. The van der Waals surface area contributed by atoms with Gasteiger partial charge in [-0.15, -0.1) is 0 Å². The van der Waals surface area contributed by atoms with Crippen molar-refractivity contribution in [3.63, 3.8) is 0 Å². The molecule has 4 N–H and O–H groups in total. The molecule has 0 rings (SSSR count). The molecule has 0 radical (unpaired) electrons. The first-order valence-corrected chi connectivity index (χ1v) is 5.65. The molecule has 112 valence electrons. The normalized spacial score (nSPS) is 8.47. The van der Waals surface area contributed by atoms with E-state index in [1.807, 2.05) is 0 Å². The summed E-state index contributed by atoms with van der Waals surface area (Å²) < 4.78 is 0. The Kier molecular flexibility index (Phi) is 45.3. The number of hydrogen-bond acceptors (Lipinski definition) is 4. The molecule has 4 nitrogen and oxygen atoms in total. The Morgan fingerprint density at radius 1 is 0.412 bits per heavy atom. The molecule has 0 fully saturated rings. The van der Waals surface area contributed by atoms with Crippen molar-refractivity contribution in [3.05, 3.63) is 0 Å². The third kappa shape index (κ3) is 23100. The molecule has 0 amide bonds. The second-order valence-corrected chi connectivity index (χ2v) is 4.37. The molecule has 0 bridgehead atoms. The van der Waals surface area contributed by atoms with Crippen molar-refractivity contribution in [1.82, 2.24) is 0 Å². The van der Waals surface area contributed by atoms with Gasteiger partial charge in [0.1, 0.15) is 0 Å². The van der Waals surface area contributed by atoms with Gasteiger partial charge >= 0.3 is 17.6 Å². The predicted octanol–water partition coefficient (Wildman–Crippen LogP) is 0.0968. The quantitative estimate of drug-likeness (QED) is 0.478. The molecule has 0 aliphatic heterocycles. The SMILES string of the molecule is CC(C)O.CC(C)O.CC(C)O.CC(C)O.[GeH4]. The molecule has 0 heterocycles. The van der Waals surface area contributed by atoms with Crippen molar-refractivity contribution < 1.29 is 20.4 Å². The zero-order valence-electron chi connectivity index (χ0n) is 12.1. The first-order valence-electron chi connectivity index (χ1n) is 5.65. The van der Waals surface area contributed by atoms with Gasteiger partial charge in [-0.3, -0.25) is 0 Å². The average molecular weight is 317 g/mol. The minimum absolute atomic E-state index is 0. The Morgan fingerprint density at radius 2 is 0.412 bits per heavy atom. The molecule has 0 unspecified atom stereocenters. The van der Waals surface area contributed by atoms with Crippen molar-refractivity contribution in [2.24, 2.45) is 0 Å². The summed E-state index contributed by atoms with van der Waals surface area (Å²) in [6, 6.07) is 0.